The van der Waals surface area contributed by atoms with Gasteiger partial charge >= 0.3 is 11.9 Å². The van der Waals surface area contributed by atoms with Gasteiger partial charge in [0.2, 0.25) is 0 Å². The van der Waals surface area contributed by atoms with E-state index in [2.05, 4.69) is 10.1 Å². The fourth-order valence-corrected chi connectivity index (χ4v) is 2.16. The molecule has 0 fully saturated rings. The second-order valence-electron chi connectivity index (χ2n) is 5.99. The molecule has 1 amide bonds. The van der Waals surface area contributed by atoms with Gasteiger partial charge in [0.05, 0.1) is 14.2 Å². The van der Waals surface area contributed by atoms with E-state index < -0.39 is 30.5 Å². The maximum atomic E-state index is 11.9. The van der Waals surface area contributed by atoms with Crippen molar-refractivity contribution in [2.45, 2.75) is 26.3 Å². The SMILES string of the molecule is COC(=O)[C@@H](CC(C)C)NC(=O)COC(=O)/C=C/c1cccc(OC)c1. The van der Waals surface area contributed by atoms with Crippen molar-refractivity contribution in [3.8, 4) is 5.75 Å². The fraction of sp³-hybridized carbons (Fsp3) is 0.421. The number of esters is 2. The lowest BCUT2D eigenvalue weighted by Crippen LogP contribution is -2.44. The quantitative estimate of drug-likeness (QED) is 0.533. The molecule has 7 heteroatoms. The minimum atomic E-state index is -0.765. The first kappa shape index (κ1) is 21.2. The molecule has 0 spiro atoms. The van der Waals surface area contributed by atoms with Gasteiger partial charge in [-0.15, -0.1) is 0 Å². The van der Waals surface area contributed by atoms with Crippen LogP contribution in [0.1, 0.15) is 25.8 Å². The Kier molecular flexibility index (Phi) is 8.91. The molecule has 26 heavy (non-hydrogen) atoms. The van der Waals surface area contributed by atoms with Gasteiger partial charge in [0.15, 0.2) is 6.61 Å². The molecule has 7 nitrogen and oxygen atoms in total. The van der Waals surface area contributed by atoms with Crippen LogP contribution in [0.15, 0.2) is 30.3 Å². The third-order valence-electron chi connectivity index (χ3n) is 3.38. The van der Waals surface area contributed by atoms with E-state index >= 15 is 0 Å². The predicted molar refractivity (Wildman–Crippen MR) is 96.4 cm³/mol. The Morgan fingerprint density at radius 3 is 2.54 bits per heavy atom. The zero-order valence-electron chi connectivity index (χ0n) is 15.5. The number of hydrogen-bond donors (Lipinski definition) is 1. The highest BCUT2D eigenvalue weighted by atomic mass is 16.5. The van der Waals surface area contributed by atoms with E-state index in [4.69, 9.17) is 9.47 Å². The molecule has 0 saturated carbocycles. The van der Waals surface area contributed by atoms with Crippen molar-refractivity contribution in [1.29, 1.82) is 0 Å². The molecule has 0 aliphatic carbocycles. The van der Waals surface area contributed by atoms with Crippen LogP contribution >= 0.6 is 0 Å². The average Bonchev–Trinajstić information content (AvgIpc) is 2.63. The molecule has 1 atom stereocenters. The molecular formula is C19H25NO6. The van der Waals surface area contributed by atoms with E-state index in [0.717, 1.165) is 5.56 Å². The zero-order chi connectivity index (χ0) is 19.5. The van der Waals surface area contributed by atoms with Crippen molar-refractivity contribution in [2.75, 3.05) is 20.8 Å². The number of nitrogens with one attached hydrogen (secondary N) is 1. The van der Waals surface area contributed by atoms with E-state index in [1.807, 2.05) is 13.8 Å². The lowest BCUT2D eigenvalue weighted by atomic mass is 10.0. The smallest absolute Gasteiger partial charge is 0.331 e. The molecule has 1 N–H and O–H groups in total. The van der Waals surface area contributed by atoms with E-state index in [9.17, 15) is 14.4 Å². The second kappa shape index (κ2) is 10.9. The van der Waals surface area contributed by atoms with Gasteiger partial charge in [-0.3, -0.25) is 4.79 Å². The number of carbonyl (C=O) groups is 3. The van der Waals surface area contributed by atoms with E-state index in [0.29, 0.717) is 12.2 Å². The normalized spacial score (nSPS) is 11.9. The Morgan fingerprint density at radius 1 is 1.19 bits per heavy atom. The van der Waals surface area contributed by atoms with Gasteiger partial charge in [-0.05, 0) is 36.1 Å². The van der Waals surface area contributed by atoms with Crippen molar-refractivity contribution in [3.05, 3.63) is 35.9 Å². The summed E-state index contributed by atoms with van der Waals surface area (Å²) < 4.78 is 14.6. The van der Waals surface area contributed by atoms with Crippen molar-refractivity contribution in [2.24, 2.45) is 5.92 Å². The minimum Gasteiger partial charge on any atom is -0.497 e. The predicted octanol–water partition coefficient (Wildman–Crippen LogP) is 1.96. The molecular weight excluding hydrogens is 338 g/mol. The van der Waals surface area contributed by atoms with Gasteiger partial charge < -0.3 is 19.5 Å². The summed E-state index contributed by atoms with van der Waals surface area (Å²) >= 11 is 0. The van der Waals surface area contributed by atoms with Crippen LogP contribution in [-0.2, 0) is 23.9 Å². The number of methoxy groups -OCH3 is 2. The first-order valence-corrected chi connectivity index (χ1v) is 8.21. The number of carbonyl (C=O) groups excluding carboxylic acids is 3. The summed E-state index contributed by atoms with van der Waals surface area (Å²) in [5.74, 6) is -0.909. The molecule has 1 aromatic carbocycles. The van der Waals surface area contributed by atoms with Gasteiger partial charge in [0.1, 0.15) is 11.8 Å². The molecule has 0 bridgehead atoms. The lowest BCUT2D eigenvalue weighted by molar-refractivity contribution is -0.148. The average molecular weight is 363 g/mol. The summed E-state index contributed by atoms with van der Waals surface area (Å²) in [5, 5.41) is 2.51. The van der Waals surface area contributed by atoms with Crippen LogP contribution in [0.25, 0.3) is 6.08 Å². The maximum absolute atomic E-state index is 11.9. The Hall–Kier alpha value is -2.83. The Labute approximate surface area is 153 Å². The first-order chi connectivity index (χ1) is 12.3. The minimum absolute atomic E-state index is 0.188. The van der Waals surface area contributed by atoms with Crippen molar-refractivity contribution < 1.29 is 28.6 Å². The topological polar surface area (TPSA) is 90.9 Å². The summed E-state index contributed by atoms with van der Waals surface area (Å²) in [6.45, 7) is 3.36. The van der Waals surface area contributed by atoms with Gasteiger partial charge in [0, 0.05) is 6.08 Å². The fourth-order valence-electron chi connectivity index (χ4n) is 2.16. The van der Waals surface area contributed by atoms with Crippen LogP contribution < -0.4 is 10.1 Å². The van der Waals surface area contributed by atoms with Gasteiger partial charge in [-0.25, -0.2) is 9.59 Å². The Morgan fingerprint density at radius 2 is 1.92 bits per heavy atom. The van der Waals surface area contributed by atoms with Crippen LogP contribution in [0, 0.1) is 5.92 Å². The third kappa shape index (κ3) is 7.83. The van der Waals surface area contributed by atoms with Crippen molar-refractivity contribution in [1.82, 2.24) is 5.32 Å². The van der Waals surface area contributed by atoms with Crippen LogP contribution in [0.3, 0.4) is 0 Å². The van der Waals surface area contributed by atoms with Crippen LogP contribution in [0.4, 0.5) is 0 Å². The highest BCUT2D eigenvalue weighted by molar-refractivity contribution is 5.90. The van der Waals surface area contributed by atoms with Gasteiger partial charge in [0.25, 0.3) is 5.91 Å². The maximum Gasteiger partial charge on any atom is 0.331 e. The molecule has 0 saturated heterocycles. The molecule has 0 radical (unpaired) electrons. The van der Waals surface area contributed by atoms with E-state index in [1.54, 1.807) is 37.5 Å². The summed E-state index contributed by atoms with van der Waals surface area (Å²) in [6, 6.07) is 6.36. The molecule has 0 heterocycles. The van der Waals surface area contributed by atoms with Gasteiger partial charge in [-0.1, -0.05) is 26.0 Å². The highest BCUT2D eigenvalue weighted by Gasteiger charge is 2.22. The standard InChI is InChI=1S/C19H25NO6/c1-13(2)10-16(19(23)25-4)20-17(21)12-26-18(22)9-8-14-6-5-7-15(11-14)24-3/h5-9,11,13,16H,10,12H2,1-4H3,(H,20,21)/b9-8+/t16-/m1/s1. The summed E-state index contributed by atoms with van der Waals surface area (Å²) in [7, 11) is 2.81. The number of hydrogen-bond acceptors (Lipinski definition) is 6. The van der Waals surface area contributed by atoms with Crippen LogP contribution in [0.5, 0.6) is 5.75 Å². The molecule has 1 aromatic rings. The molecule has 0 aliphatic heterocycles. The third-order valence-corrected chi connectivity index (χ3v) is 3.38. The Balaban J connectivity index is 2.50. The lowest BCUT2D eigenvalue weighted by Gasteiger charge is -2.18. The number of benzene rings is 1. The first-order valence-electron chi connectivity index (χ1n) is 8.21. The highest BCUT2D eigenvalue weighted by Crippen LogP contribution is 2.13. The number of amides is 1. The molecule has 142 valence electrons. The molecule has 0 aromatic heterocycles. The zero-order valence-corrected chi connectivity index (χ0v) is 15.5. The molecule has 1 rings (SSSR count). The van der Waals surface area contributed by atoms with Crippen LogP contribution in [0.2, 0.25) is 0 Å². The number of ether oxygens (including phenoxy) is 3. The summed E-state index contributed by atoms with van der Waals surface area (Å²) in [5.41, 5.74) is 0.758. The number of rotatable bonds is 9. The summed E-state index contributed by atoms with van der Waals surface area (Å²) in [4.78, 5) is 35.3. The largest absolute Gasteiger partial charge is 0.497 e. The second-order valence-corrected chi connectivity index (χ2v) is 5.99. The Bertz CT molecular complexity index is 653. The van der Waals surface area contributed by atoms with Crippen LogP contribution in [-0.4, -0.2) is 44.7 Å². The molecule has 0 aliphatic rings. The van der Waals surface area contributed by atoms with Crippen molar-refractivity contribution in [3.63, 3.8) is 0 Å². The van der Waals surface area contributed by atoms with Gasteiger partial charge in [-0.2, -0.15) is 0 Å². The van der Waals surface area contributed by atoms with Crippen molar-refractivity contribution >= 4 is 23.9 Å². The van der Waals surface area contributed by atoms with E-state index in [-0.39, 0.29) is 5.92 Å². The summed E-state index contributed by atoms with van der Waals surface area (Å²) in [6.07, 6.45) is 3.20. The monoisotopic (exact) mass is 363 g/mol. The van der Waals surface area contributed by atoms with E-state index in [1.165, 1.54) is 13.2 Å². The molecule has 0 unspecified atom stereocenters.